The Bertz CT molecular complexity index is 674. The second kappa shape index (κ2) is 6.55. The molecule has 23 heavy (non-hydrogen) atoms. The maximum absolute atomic E-state index is 13.2. The molecular weight excluding hydrogens is 302 g/mol. The first kappa shape index (κ1) is 15.8. The van der Waals surface area contributed by atoms with Crippen molar-refractivity contribution in [3.63, 3.8) is 0 Å². The molecule has 0 bridgehead atoms. The molecule has 0 aromatic heterocycles. The Morgan fingerprint density at radius 3 is 3.00 bits per heavy atom. The van der Waals surface area contributed by atoms with E-state index in [9.17, 15) is 13.6 Å². The summed E-state index contributed by atoms with van der Waals surface area (Å²) in [5.41, 5.74) is 6.58. The van der Waals surface area contributed by atoms with E-state index < -0.39 is 17.7 Å². The number of fused-ring (bicyclic) bond motifs is 1. The van der Waals surface area contributed by atoms with Gasteiger partial charge in [-0.3, -0.25) is 9.69 Å². The number of amides is 1. The van der Waals surface area contributed by atoms with Gasteiger partial charge in [0.1, 0.15) is 19.3 Å². The highest BCUT2D eigenvalue weighted by atomic mass is 19.2. The number of nitrogens with zero attached hydrogens (tertiary/aromatic N) is 2. The quantitative estimate of drug-likeness (QED) is 0.809. The molecule has 0 spiro atoms. The van der Waals surface area contributed by atoms with Crippen LogP contribution in [0.1, 0.15) is 12.0 Å². The molecule has 1 aromatic carbocycles. The largest absolute Gasteiger partial charge is 0.327 e. The van der Waals surface area contributed by atoms with Gasteiger partial charge in [0.05, 0.1) is 12.7 Å². The van der Waals surface area contributed by atoms with Gasteiger partial charge in [-0.05, 0) is 24.1 Å². The number of benzene rings is 1. The lowest BCUT2D eigenvalue weighted by atomic mass is 10.0. The molecule has 7 heteroatoms. The van der Waals surface area contributed by atoms with E-state index in [0.29, 0.717) is 25.1 Å². The van der Waals surface area contributed by atoms with Gasteiger partial charge >= 0.3 is 0 Å². The van der Waals surface area contributed by atoms with Gasteiger partial charge in [0.2, 0.25) is 11.7 Å². The van der Waals surface area contributed by atoms with E-state index in [2.05, 4.69) is 4.99 Å². The van der Waals surface area contributed by atoms with Crippen LogP contribution in [0.2, 0.25) is 0 Å². The second-order valence-electron chi connectivity index (χ2n) is 5.90. The first-order chi connectivity index (χ1) is 11.0. The van der Waals surface area contributed by atoms with Gasteiger partial charge in [-0.15, -0.1) is 0 Å². The number of hydrogen-bond donors (Lipinski definition) is 2. The maximum Gasteiger partial charge on any atom is 0.225 e. The van der Waals surface area contributed by atoms with Crippen LogP contribution in [0.4, 0.5) is 8.78 Å². The lowest BCUT2D eigenvalue weighted by molar-refractivity contribution is -0.749. The van der Waals surface area contributed by atoms with Gasteiger partial charge in [-0.1, -0.05) is 6.07 Å². The molecule has 3 rings (SSSR count). The first-order valence-electron chi connectivity index (χ1n) is 7.59. The zero-order valence-electron chi connectivity index (χ0n) is 12.6. The molecule has 2 heterocycles. The van der Waals surface area contributed by atoms with Crippen molar-refractivity contribution in [2.24, 2.45) is 10.7 Å². The number of carbonyl (C=O) groups excluding carboxylic acids is 1. The van der Waals surface area contributed by atoms with Gasteiger partial charge in [0.15, 0.2) is 11.6 Å². The smallest absolute Gasteiger partial charge is 0.225 e. The minimum absolute atomic E-state index is 0.0336. The van der Waals surface area contributed by atoms with Crippen LogP contribution in [0.5, 0.6) is 0 Å². The van der Waals surface area contributed by atoms with Crippen molar-refractivity contribution in [1.29, 1.82) is 0 Å². The summed E-state index contributed by atoms with van der Waals surface area (Å²) in [6.45, 7) is 1.98. The molecule has 0 saturated carbocycles. The third-order valence-electron chi connectivity index (χ3n) is 4.14. The summed E-state index contributed by atoms with van der Waals surface area (Å²) in [5.74, 6) is -0.871. The fourth-order valence-electron chi connectivity index (χ4n) is 2.89. The first-order valence-corrected chi connectivity index (χ1v) is 7.59. The van der Waals surface area contributed by atoms with Gasteiger partial charge in [-0.25, -0.2) is 13.8 Å². The van der Waals surface area contributed by atoms with Crippen molar-refractivity contribution in [3.8, 4) is 0 Å². The Morgan fingerprint density at radius 1 is 1.39 bits per heavy atom. The number of hydrogen-bond acceptors (Lipinski definition) is 3. The molecular formula is C16H19F2N4O+. The molecule has 3 N–H and O–H groups in total. The Morgan fingerprint density at radius 2 is 2.22 bits per heavy atom. The van der Waals surface area contributed by atoms with Crippen molar-refractivity contribution >= 4 is 11.7 Å². The summed E-state index contributed by atoms with van der Waals surface area (Å²) < 4.78 is 26.1. The van der Waals surface area contributed by atoms with Crippen molar-refractivity contribution in [3.05, 3.63) is 47.8 Å². The van der Waals surface area contributed by atoms with E-state index in [-0.39, 0.29) is 12.3 Å². The van der Waals surface area contributed by atoms with E-state index in [1.165, 1.54) is 11.0 Å². The van der Waals surface area contributed by atoms with E-state index in [0.717, 1.165) is 24.5 Å². The second-order valence-corrected chi connectivity index (χ2v) is 5.90. The topological polar surface area (TPSA) is 63.1 Å². The SMILES string of the molecule is NC(CC(=O)N1CC[NH+]2C=CN=C2C1)Cc1ccc(F)c(F)c1. The fraction of sp³-hybridized carbons (Fsp3) is 0.375. The molecule has 2 aliphatic rings. The Balaban J connectivity index is 1.54. The predicted octanol–water partition coefficient (Wildman–Crippen LogP) is -0.165. The fourth-order valence-corrected chi connectivity index (χ4v) is 2.89. The molecule has 2 atom stereocenters. The van der Waals surface area contributed by atoms with Gasteiger partial charge < -0.3 is 10.6 Å². The highest BCUT2D eigenvalue weighted by molar-refractivity contribution is 5.85. The Kier molecular flexibility index (Phi) is 4.49. The third-order valence-corrected chi connectivity index (χ3v) is 4.14. The van der Waals surface area contributed by atoms with E-state index >= 15 is 0 Å². The summed E-state index contributed by atoms with van der Waals surface area (Å²) in [5, 5.41) is 0. The molecule has 1 fully saturated rings. The lowest BCUT2D eigenvalue weighted by Gasteiger charge is -2.29. The number of nitrogens with two attached hydrogens (primary N) is 1. The molecule has 5 nitrogen and oxygen atoms in total. The average Bonchev–Trinajstić information content (AvgIpc) is 2.98. The maximum atomic E-state index is 13.2. The number of aliphatic imine (C=N–C) groups is 1. The van der Waals surface area contributed by atoms with E-state index in [1.54, 1.807) is 11.1 Å². The normalized spacial score (nSPS) is 21.1. The molecule has 1 amide bonds. The average molecular weight is 321 g/mol. The Hall–Kier alpha value is -2.12. The number of rotatable bonds is 4. The predicted molar refractivity (Wildman–Crippen MR) is 81.6 cm³/mol. The Labute approximate surface area is 133 Å². The third kappa shape index (κ3) is 3.62. The molecule has 122 valence electrons. The van der Waals surface area contributed by atoms with Crippen LogP contribution in [-0.4, -0.2) is 42.3 Å². The number of amidine groups is 1. The summed E-state index contributed by atoms with van der Waals surface area (Å²) in [6.07, 6.45) is 4.24. The van der Waals surface area contributed by atoms with Crippen LogP contribution >= 0.6 is 0 Å². The minimum Gasteiger partial charge on any atom is -0.327 e. The molecule has 0 aliphatic carbocycles. The van der Waals surface area contributed by atoms with Crippen molar-refractivity contribution in [2.45, 2.75) is 18.9 Å². The molecule has 0 radical (unpaired) electrons. The zero-order valence-corrected chi connectivity index (χ0v) is 12.6. The van der Waals surface area contributed by atoms with Crippen LogP contribution in [-0.2, 0) is 11.2 Å². The number of nitrogens with one attached hydrogen (secondary N) is 1. The van der Waals surface area contributed by atoms with Crippen LogP contribution in [0.3, 0.4) is 0 Å². The van der Waals surface area contributed by atoms with Crippen molar-refractivity contribution < 1.29 is 18.5 Å². The van der Waals surface area contributed by atoms with E-state index in [4.69, 9.17) is 5.73 Å². The summed E-state index contributed by atoms with van der Waals surface area (Å²) in [4.78, 5) is 19.5. The van der Waals surface area contributed by atoms with Gasteiger partial charge in [0.25, 0.3) is 0 Å². The number of piperazine rings is 1. The van der Waals surface area contributed by atoms with Crippen LogP contribution in [0, 0.1) is 11.6 Å². The highest BCUT2D eigenvalue weighted by Crippen LogP contribution is 2.12. The van der Waals surface area contributed by atoms with Crippen molar-refractivity contribution in [1.82, 2.24) is 4.90 Å². The minimum atomic E-state index is -0.896. The zero-order chi connectivity index (χ0) is 16.4. The molecule has 1 saturated heterocycles. The molecule has 2 unspecified atom stereocenters. The van der Waals surface area contributed by atoms with Gasteiger partial charge in [0, 0.05) is 12.5 Å². The van der Waals surface area contributed by atoms with Crippen molar-refractivity contribution in [2.75, 3.05) is 19.6 Å². The lowest BCUT2D eigenvalue weighted by Crippen LogP contribution is -3.12. The summed E-state index contributed by atoms with van der Waals surface area (Å²) in [7, 11) is 0. The molecule has 2 aliphatic heterocycles. The van der Waals surface area contributed by atoms with E-state index in [1.807, 2.05) is 6.20 Å². The number of carbonyl (C=O) groups is 1. The summed E-state index contributed by atoms with van der Waals surface area (Å²) in [6, 6.07) is 3.26. The standard InChI is InChI=1S/C16H18F2N4O/c17-13-2-1-11(8-14(13)18)7-12(19)9-16(23)22-6-5-21-4-3-20-15(21)10-22/h1-4,8,12H,5-7,9-10,19H2/p+1. The number of quaternary nitrogens is 1. The van der Waals surface area contributed by atoms with Crippen LogP contribution in [0.15, 0.2) is 35.6 Å². The molecule has 1 aromatic rings. The highest BCUT2D eigenvalue weighted by Gasteiger charge is 2.30. The van der Waals surface area contributed by atoms with Crippen LogP contribution in [0.25, 0.3) is 0 Å². The number of halogens is 2. The monoisotopic (exact) mass is 321 g/mol. The van der Waals surface area contributed by atoms with Crippen LogP contribution < -0.4 is 10.6 Å². The summed E-state index contributed by atoms with van der Waals surface area (Å²) >= 11 is 0. The van der Waals surface area contributed by atoms with Gasteiger partial charge in [-0.2, -0.15) is 0 Å².